The smallest absolute Gasteiger partial charge is 0.344 e. The molecule has 14 heavy (non-hydrogen) atoms. The molecule has 0 aliphatic carbocycles. The van der Waals surface area contributed by atoms with Crippen LogP contribution in [-0.2, 0) is 4.79 Å². The van der Waals surface area contributed by atoms with Crippen LogP contribution in [0.5, 0.6) is 5.75 Å². The predicted molar refractivity (Wildman–Crippen MR) is 51.8 cm³/mol. The zero-order valence-electron chi connectivity index (χ0n) is 7.33. The first-order chi connectivity index (χ1) is 6.49. The van der Waals surface area contributed by atoms with Gasteiger partial charge in [0.2, 0.25) is 0 Å². The average Bonchev–Trinajstić information content (AvgIpc) is 2.01. The third-order valence-electron chi connectivity index (χ3n) is 1.50. The van der Waals surface area contributed by atoms with Gasteiger partial charge in [0.15, 0.2) is 6.10 Å². The number of aliphatic carboxylic acids is 1. The second-order valence-electron chi connectivity index (χ2n) is 2.70. The first-order valence-electron chi connectivity index (χ1n) is 3.84. The highest BCUT2D eigenvalue weighted by molar-refractivity contribution is 9.10. The van der Waals surface area contributed by atoms with E-state index < -0.39 is 17.9 Å². The topological polar surface area (TPSA) is 46.5 Å². The Hall–Kier alpha value is -1.10. The molecule has 0 fully saturated rings. The maximum atomic E-state index is 12.8. The number of ether oxygens (including phenoxy) is 1. The van der Waals surface area contributed by atoms with Crippen LogP contribution in [0.3, 0.4) is 0 Å². The molecule has 1 aromatic rings. The van der Waals surface area contributed by atoms with Gasteiger partial charge >= 0.3 is 5.97 Å². The summed E-state index contributed by atoms with van der Waals surface area (Å²) in [5.41, 5.74) is 0. The minimum atomic E-state index is -1.09. The quantitative estimate of drug-likeness (QED) is 0.910. The summed E-state index contributed by atoms with van der Waals surface area (Å²) < 4.78 is 18.3. The third-order valence-corrected chi connectivity index (χ3v) is 1.95. The van der Waals surface area contributed by atoms with Gasteiger partial charge in [-0.05, 0) is 19.1 Å². The lowest BCUT2D eigenvalue weighted by Crippen LogP contribution is -2.22. The summed E-state index contributed by atoms with van der Waals surface area (Å²) in [5, 5.41) is 8.55. The molecule has 0 saturated heterocycles. The van der Waals surface area contributed by atoms with Crippen LogP contribution >= 0.6 is 15.9 Å². The van der Waals surface area contributed by atoms with E-state index in [-0.39, 0.29) is 5.75 Å². The summed E-state index contributed by atoms with van der Waals surface area (Å²) in [6.07, 6.45) is -0.997. The molecule has 1 rings (SSSR count). The molecule has 1 aromatic carbocycles. The van der Waals surface area contributed by atoms with Crippen molar-refractivity contribution in [2.45, 2.75) is 13.0 Å². The van der Waals surface area contributed by atoms with E-state index in [2.05, 4.69) is 15.9 Å². The van der Waals surface area contributed by atoms with Crippen LogP contribution in [-0.4, -0.2) is 17.2 Å². The highest BCUT2D eigenvalue weighted by Crippen LogP contribution is 2.21. The summed E-state index contributed by atoms with van der Waals surface area (Å²) in [6.45, 7) is 1.38. The summed E-state index contributed by atoms with van der Waals surface area (Å²) in [5.74, 6) is -1.39. The second kappa shape index (κ2) is 4.41. The van der Waals surface area contributed by atoms with E-state index in [1.54, 1.807) is 0 Å². The number of rotatable bonds is 3. The van der Waals surface area contributed by atoms with Crippen LogP contribution in [0.4, 0.5) is 4.39 Å². The van der Waals surface area contributed by atoms with Gasteiger partial charge < -0.3 is 9.84 Å². The van der Waals surface area contributed by atoms with Crippen molar-refractivity contribution in [3.8, 4) is 5.75 Å². The largest absolute Gasteiger partial charge is 0.479 e. The fraction of sp³-hybridized carbons (Fsp3) is 0.222. The van der Waals surface area contributed by atoms with Crippen molar-refractivity contribution in [3.63, 3.8) is 0 Å². The second-order valence-corrected chi connectivity index (χ2v) is 3.62. The van der Waals surface area contributed by atoms with Crippen molar-refractivity contribution >= 4 is 21.9 Å². The van der Waals surface area contributed by atoms with Gasteiger partial charge in [0, 0.05) is 10.5 Å². The molecule has 0 radical (unpaired) electrons. The molecule has 3 nitrogen and oxygen atoms in total. The number of carboxylic acids is 1. The number of hydrogen-bond acceptors (Lipinski definition) is 2. The summed E-state index contributed by atoms with van der Waals surface area (Å²) >= 11 is 3.07. The van der Waals surface area contributed by atoms with Gasteiger partial charge in [-0.15, -0.1) is 0 Å². The van der Waals surface area contributed by atoms with Crippen molar-refractivity contribution in [2.24, 2.45) is 0 Å². The van der Waals surface area contributed by atoms with E-state index in [0.29, 0.717) is 4.47 Å². The zero-order valence-corrected chi connectivity index (χ0v) is 8.92. The van der Waals surface area contributed by atoms with Gasteiger partial charge in [0.25, 0.3) is 0 Å². The molecule has 0 heterocycles. The molecule has 0 unspecified atom stereocenters. The Bertz CT molecular complexity index is 334. The van der Waals surface area contributed by atoms with Crippen molar-refractivity contribution < 1.29 is 19.0 Å². The van der Waals surface area contributed by atoms with Crippen molar-refractivity contribution in [3.05, 3.63) is 28.5 Å². The predicted octanol–water partition coefficient (Wildman–Crippen LogP) is 2.44. The highest BCUT2D eigenvalue weighted by atomic mass is 79.9. The number of hydrogen-bond donors (Lipinski definition) is 1. The standard InChI is InChI=1S/C9H8BrFO3/c1-5(9(12)13)14-8-3-6(10)2-7(11)4-8/h2-5H,1H3,(H,12,13)/t5-/m1/s1. The molecule has 0 saturated carbocycles. The Morgan fingerprint density at radius 2 is 2.21 bits per heavy atom. The van der Waals surface area contributed by atoms with Crippen LogP contribution in [0.2, 0.25) is 0 Å². The maximum Gasteiger partial charge on any atom is 0.344 e. The van der Waals surface area contributed by atoms with Crippen molar-refractivity contribution in [1.29, 1.82) is 0 Å². The minimum Gasteiger partial charge on any atom is -0.479 e. The molecule has 1 N–H and O–H groups in total. The van der Waals surface area contributed by atoms with Crippen molar-refractivity contribution in [1.82, 2.24) is 0 Å². The van der Waals surface area contributed by atoms with Crippen LogP contribution in [0, 0.1) is 5.82 Å². The number of halogens is 2. The van der Waals surface area contributed by atoms with E-state index in [1.807, 2.05) is 0 Å². The van der Waals surface area contributed by atoms with E-state index in [9.17, 15) is 9.18 Å². The Labute approximate surface area is 88.6 Å². The Morgan fingerprint density at radius 1 is 1.57 bits per heavy atom. The third kappa shape index (κ3) is 2.99. The molecule has 0 amide bonds. The van der Waals surface area contributed by atoms with Gasteiger partial charge in [-0.1, -0.05) is 15.9 Å². The van der Waals surface area contributed by atoms with Gasteiger partial charge in [0.1, 0.15) is 11.6 Å². The molecule has 5 heteroatoms. The summed E-state index contributed by atoms with van der Waals surface area (Å²) in [4.78, 5) is 10.4. The first-order valence-corrected chi connectivity index (χ1v) is 4.64. The number of carbonyl (C=O) groups is 1. The van der Waals surface area contributed by atoms with E-state index in [1.165, 1.54) is 19.1 Å². The molecule has 0 aliphatic rings. The molecule has 0 aromatic heterocycles. The Kier molecular flexibility index (Phi) is 3.46. The van der Waals surface area contributed by atoms with Gasteiger partial charge in [0.05, 0.1) is 0 Å². The molecule has 76 valence electrons. The van der Waals surface area contributed by atoms with Gasteiger partial charge in [-0.25, -0.2) is 9.18 Å². The maximum absolute atomic E-state index is 12.8. The normalized spacial score (nSPS) is 12.2. The Balaban J connectivity index is 2.81. The monoisotopic (exact) mass is 262 g/mol. The van der Waals surface area contributed by atoms with Crippen molar-refractivity contribution in [2.75, 3.05) is 0 Å². The molecular formula is C9H8BrFO3. The number of benzene rings is 1. The van der Waals surface area contributed by atoms with Gasteiger partial charge in [-0.3, -0.25) is 0 Å². The molecule has 0 spiro atoms. The first kappa shape index (κ1) is 11.0. The lowest BCUT2D eigenvalue weighted by Gasteiger charge is -2.10. The van der Waals surface area contributed by atoms with E-state index in [4.69, 9.17) is 9.84 Å². The summed E-state index contributed by atoms with van der Waals surface area (Å²) in [7, 11) is 0. The van der Waals surface area contributed by atoms with Crippen LogP contribution in [0.1, 0.15) is 6.92 Å². The lowest BCUT2D eigenvalue weighted by atomic mass is 10.3. The lowest BCUT2D eigenvalue weighted by molar-refractivity contribution is -0.144. The van der Waals surface area contributed by atoms with Crippen LogP contribution in [0.25, 0.3) is 0 Å². The van der Waals surface area contributed by atoms with Crippen LogP contribution in [0.15, 0.2) is 22.7 Å². The highest BCUT2D eigenvalue weighted by Gasteiger charge is 2.12. The molecule has 0 aliphatic heterocycles. The minimum absolute atomic E-state index is 0.187. The van der Waals surface area contributed by atoms with Gasteiger partial charge in [-0.2, -0.15) is 0 Å². The average molecular weight is 263 g/mol. The summed E-state index contributed by atoms with van der Waals surface area (Å²) in [6, 6.07) is 3.89. The fourth-order valence-corrected chi connectivity index (χ4v) is 1.30. The van der Waals surface area contributed by atoms with Crippen LogP contribution < -0.4 is 4.74 Å². The Morgan fingerprint density at radius 3 is 2.71 bits per heavy atom. The number of carboxylic acid groups (broad SMARTS) is 1. The molecule has 1 atom stereocenters. The van der Waals surface area contributed by atoms with E-state index >= 15 is 0 Å². The molecular weight excluding hydrogens is 255 g/mol. The SMILES string of the molecule is C[C@@H](Oc1cc(F)cc(Br)c1)C(=O)O. The van der Waals surface area contributed by atoms with E-state index in [0.717, 1.165) is 6.07 Å². The fourth-order valence-electron chi connectivity index (χ4n) is 0.851. The zero-order chi connectivity index (χ0) is 10.7. The molecule has 0 bridgehead atoms.